The van der Waals surface area contributed by atoms with Crippen molar-refractivity contribution in [1.29, 1.82) is 0 Å². The van der Waals surface area contributed by atoms with E-state index in [0.717, 1.165) is 150 Å². The molecule has 0 radical (unpaired) electrons. The molecule has 8 aromatic rings. The SMILES string of the molecule is COc1ccc(OC2C[C@@H]3CN(CC(O)c4ccc(O)c(F)c4)C[C@@H]3C2)cc1.COc1ccc(OC2C[C@@H]3CN(CC(O)c4ccc(O)cc4)C[C@@H]3C2)cc1.COc1ccc(OC2C[C@@H]3CN(CC(O)c4ccc(O)cn4)C[C@@H]3C2)cc1.Cc1ccc(OC2C[C@@H]3CN(CC(O)c4ccc(O)cn4)C[C@@H]3C2)cc1. The van der Waals surface area contributed by atoms with Crippen molar-refractivity contribution in [3.63, 3.8) is 0 Å². The summed E-state index contributed by atoms with van der Waals surface area (Å²) >= 11 is 0. The molecule has 8 N–H and O–H groups in total. The first-order valence-corrected chi connectivity index (χ1v) is 38.1. The van der Waals surface area contributed by atoms with Gasteiger partial charge in [0.15, 0.2) is 11.6 Å². The Hall–Kier alpha value is -8.97. The van der Waals surface area contributed by atoms with Gasteiger partial charge in [-0.25, -0.2) is 4.39 Å². The van der Waals surface area contributed by atoms with Crippen LogP contribution in [0.3, 0.4) is 0 Å². The molecule has 8 unspecified atom stereocenters. The Balaban J connectivity index is 0.000000127. The average molecular weight is 1480 g/mol. The van der Waals surface area contributed by atoms with E-state index in [4.69, 9.17) is 33.2 Å². The van der Waals surface area contributed by atoms with Gasteiger partial charge in [-0.3, -0.25) is 29.6 Å². The van der Waals surface area contributed by atoms with E-state index in [1.807, 2.05) is 72.8 Å². The van der Waals surface area contributed by atoms with Gasteiger partial charge in [0.05, 0.1) is 81.7 Å². The molecule has 21 nitrogen and oxygen atoms in total. The lowest BCUT2D eigenvalue weighted by Crippen LogP contribution is -2.29. The molecule has 108 heavy (non-hydrogen) atoms. The first-order chi connectivity index (χ1) is 52.3. The zero-order valence-electron chi connectivity index (χ0n) is 62.1. The second-order valence-electron chi connectivity index (χ2n) is 30.9. The number of hydrogen-bond acceptors (Lipinski definition) is 21. The van der Waals surface area contributed by atoms with Crippen LogP contribution in [0.25, 0.3) is 0 Å². The highest BCUT2D eigenvalue weighted by molar-refractivity contribution is 5.35. The minimum absolute atomic E-state index is 0.115. The fourth-order valence-electron chi connectivity index (χ4n) is 17.7. The number of aromatic hydroxyl groups is 4. The number of halogens is 1. The maximum Gasteiger partial charge on any atom is 0.165 e. The van der Waals surface area contributed by atoms with Gasteiger partial charge in [0.25, 0.3) is 0 Å². The van der Waals surface area contributed by atoms with Crippen LogP contribution in [0.5, 0.6) is 63.2 Å². The number of benzene rings is 6. The number of aliphatic hydroxyl groups is 4. The Labute approximate surface area is 632 Å². The zero-order chi connectivity index (χ0) is 75.4. The van der Waals surface area contributed by atoms with E-state index >= 15 is 0 Å². The fraction of sp³-hybridized carbons (Fsp3) is 0.465. The lowest BCUT2D eigenvalue weighted by Gasteiger charge is -2.22. The smallest absolute Gasteiger partial charge is 0.165 e. The van der Waals surface area contributed by atoms with E-state index in [-0.39, 0.29) is 35.6 Å². The number of likely N-dealkylation sites (tertiary alicyclic amines) is 4. The Morgan fingerprint density at radius 2 is 0.611 bits per heavy atom. The quantitative estimate of drug-likeness (QED) is 0.0296. The van der Waals surface area contributed by atoms with Crippen LogP contribution in [0.15, 0.2) is 176 Å². The summed E-state index contributed by atoms with van der Waals surface area (Å²) in [5.41, 5.74) is 3.81. The van der Waals surface area contributed by atoms with Gasteiger partial charge in [-0.1, -0.05) is 35.9 Å². The first-order valence-electron chi connectivity index (χ1n) is 38.1. The molecule has 6 aromatic carbocycles. The van der Waals surface area contributed by atoms with Gasteiger partial charge in [-0.05, 0) is 250 Å². The maximum atomic E-state index is 13.5. The van der Waals surface area contributed by atoms with Crippen molar-refractivity contribution < 1.29 is 78.4 Å². The molecule has 4 saturated heterocycles. The van der Waals surface area contributed by atoms with Crippen LogP contribution >= 0.6 is 0 Å². The average Bonchev–Trinajstić information content (AvgIpc) is 1.67. The van der Waals surface area contributed by atoms with Crippen molar-refractivity contribution in [2.45, 2.75) is 107 Å². The van der Waals surface area contributed by atoms with Crippen LogP contribution < -0.4 is 33.2 Å². The number of aliphatic hydroxyl groups excluding tert-OH is 4. The summed E-state index contributed by atoms with van der Waals surface area (Å²) in [6.45, 7) is 12.2. The molecule has 0 bridgehead atoms. The Morgan fingerprint density at radius 1 is 0.343 bits per heavy atom. The third-order valence-electron chi connectivity index (χ3n) is 23.1. The predicted molar refractivity (Wildman–Crippen MR) is 406 cm³/mol. The summed E-state index contributed by atoms with van der Waals surface area (Å²) in [5.74, 6) is 10.4. The highest BCUT2D eigenvalue weighted by atomic mass is 19.1. The van der Waals surface area contributed by atoms with Gasteiger partial charge < -0.3 is 74.0 Å². The molecule has 16 rings (SSSR count). The van der Waals surface area contributed by atoms with Crippen molar-refractivity contribution in [2.24, 2.45) is 47.3 Å². The molecule has 4 aliphatic heterocycles. The predicted octanol–water partition coefficient (Wildman–Crippen LogP) is 12.1. The van der Waals surface area contributed by atoms with Crippen LogP contribution in [-0.2, 0) is 0 Å². The Morgan fingerprint density at radius 3 is 0.898 bits per heavy atom. The summed E-state index contributed by atoms with van der Waals surface area (Å²) in [6, 6.07) is 48.9. The van der Waals surface area contributed by atoms with Gasteiger partial charge in [0, 0.05) is 78.5 Å². The third kappa shape index (κ3) is 20.7. The second-order valence-corrected chi connectivity index (χ2v) is 30.9. The molecule has 8 fully saturated rings. The van der Waals surface area contributed by atoms with E-state index in [9.17, 15) is 45.2 Å². The van der Waals surface area contributed by atoms with E-state index in [2.05, 4.69) is 60.8 Å². The molecule has 576 valence electrons. The number of ether oxygens (including phenoxy) is 7. The molecule has 0 amide bonds. The number of methoxy groups -OCH3 is 3. The normalized spacial score (nSPS) is 26.0. The van der Waals surface area contributed by atoms with Crippen LogP contribution in [0.1, 0.15) is 104 Å². The summed E-state index contributed by atoms with van der Waals surface area (Å²) in [5, 5.41) is 79.0. The van der Waals surface area contributed by atoms with Crippen LogP contribution in [0, 0.1) is 60.1 Å². The van der Waals surface area contributed by atoms with Crippen molar-refractivity contribution in [3.05, 3.63) is 210 Å². The molecule has 16 atom stereocenters. The summed E-state index contributed by atoms with van der Waals surface area (Å²) < 4.78 is 53.7. The van der Waals surface area contributed by atoms with Gasteiger partial charge >= 0.3 is 0 Å². The molecular weight excluding hydrogens is 1380 g/mol. The highest BCUT2D eigenvalue weighted by Gasteiger charge is 2.46. The molecule has 22 heteroatoms. The third-order valence-corrected chi connectivity index (χ3v) is 23.1. The van der Waals surface area contributed by atoms with Crippen LogP contribution in [-0.4, -0.2) is 195 Å². The van der Waals surface area contributed by atoms with Crippen LogP contribution in [0.4, 0.5) is 4.39 Å². The summed E-state index contributed by atoms with van der Waals surface area (Å²) in [7, 11) is 4.97. The number of hydrogen-bond donors (Lipinski definition) is 8. The number of nitrogens with zero attached hydrogens (tertiary/aromatic N) is 6. The van der Waals surface area contributed by atoms with Gasteiger partial charge in [0.1, 0.15) is 69.7 Å². The van der Waals surface area contributed by atoms with Gasteiger partial charge in [-0.2, -0.15) is 0 Å². The molecule has 4 saturated carbocycles. The Kier molecular flexibility index (Phi) is 25.8. The number of β-amino-alcohol motifs (C(OH)–C–C–N with tert-alkyl or cyclic N) is 4. The molecule has 4 aliphatic carbocycles. The van der Waals surface area contributed by atoms with Crippen molar-refractivity contribution in [2.75, 3.05) is 99.9 Å². The first kappa shape index (κ1) is 77.2. The fourth-order valence-corrected chi connectivity index (χ4v) is 17.7. The monoisotopic (exact) mass is 1480 g/mol. The standard InChI is InChI=1S/C22H26FNO4.C22H27NO4.C21H26N2O4.C21H26N2O3/c1-27-17-3-5-18(6-4-17)28-19-8-15-11-24(12-16(15)9-19)13-22(26)14-2-7-21(25)20(23)10-14;1-26-19-6-8-20(9-7-19)27-21-10-16-12-23(13-17(16)11-21)14-22(25)15-2-4-18(24)5-3-15;1-26-17-3-5-18(6-4-17)27-19-8-14-11-23(12-15(14)9-19)13-21(25)20-7-2-16(24)10-22-20;1-14-2-5-18(6-3-14)26-19-8-15-11-23(12-16(15)9-19)13-21(25)20-7-4-17(24)10-22-20/h2-7,10,15-16,19,22,25-26H,8-9,11-13H2,1H3;2-9,16-17,21-22,24-25H,10-14H2,1H3;2-7,10,14-15,19,21,24-25H,8-9,11-13H2,1H3;2-7,10,15-16,19,21,24-25H,8-9,11-13H2,1H3/t15-,16+,19?,22?;16-,17+,21?,22?;14-,15+,19?,21?;15-,16+,19?,21?. The lowest BCUT2D eigenvalue weighted by atomic mass is 10.0. The second kappa shape index (κ2) is 36.0. The van der Waals surface area contributed by atoms with Gasteiger partial charge in [-0.15, -0.1) is 0 Å². The highest BCUT2D eigenvalue weighted by Crippen LogP contribution is 2.45. The number of fused-ring (bicyclic) bond motifs is 4. The largest absolute Gasteiger partial charge is 0.508 e. The zero-order valence-corrected chi connectivity index (χ0v) is 62.1. The van der Waals surface area contributed by atoms with E-state index in [1.54, 1.807) is 75.9 Å². The van der Waals surface area contributed by atoms with Crippen molar-refractivity contribution in [3.8, 4) is 63.2 Å². The number of phenols is 2. The van der Waals surface area contributed by atoms with E-state index in [1.165, 1.54) is 30.1 Å². The van der Waals surface area contributed by atoms with E-state index in [0.29, 0.717) is 96.6 Å². The molecule has 8 aliphatic rings. The number of pyridine rings is 2. The number of phenolic OH excluding ortho intramolecular Hbond substituents is 2. The summed E-state index contributed by atoms with van der Waals surface area (Å²) in [6.07, 6.45) is 9.74. The lowest BCUT2D eigenvalue weighted by molar-refractivity contribution is 0.112. The van der Waals surface area contributed by atoms with E-state index < -0.39 is 36.0 Å². The topological polar surface area (TPSA) is 265 Å². The Bertz CT molecular complexity index is 3910. The van der Waals surface area contributed by atoms with Crippen molar-refractivity contribution >= 4 is 0 Å². The summed E-state index contributed by atoms with van der Waals surface area (Å²) in [4.78, 5) is 17.5. The molecule has 0 spiro atoms. The van der Waals surface area contributed by atoms with Crippen LogP contribution in [0.2, 0.25) is 0 Å². The molecule has 2 aromatic heterocycles. The number of aromatic nitrogens is 2. The minimum atomic E-state index is -0.764. The number of rotatable bonds is 23. The van der Waals surface area contributed by atoms with Crippen molar-refractivity contribution in [1.82, 2.24) is 29.6 Å². The molecule has 6 heterocycles. The maximum absolute atomic E-state index is 13.5. The van der Waals surface area contributed by atoms with Gasteiger partial charge in [0.2, 0.25) is 0 Å². The molecular formula is C86H105FN6O15. The number of aryl methyl sites for hydroxylation is 1. The minimum Gasteiger partial charge on any atom is -0.508 e.